The molecular weight excluding hydrogens is 236 g/mol. The Hall–Kier alpha value is -1.06. The van der Waals surface area contributed by atoms with E-state index in [9.17, 15) is 0 Å². The maximum absolute atomic E-state index is 5.90. The summed E-state index contributed by atoms with van der Waals surface area (Å²) in [6, 6.07) is 6.60. The topological polar surface area (TPSA) is 38.5 Å². The highest BCUT2D eigenvalue weighted by atomic mass is 16.5. The van der Waals surface area contributed by atoms with Crippen molar-refractivity contribution in [3.63, 3.8) is 0 Å². The van der Waals surface area contributed by atoms with Gasteiger partial charge in [0.05, 0.1) is 6.10 Å². The molecule has 1 atom stereocenters. The Morgan fingerprint density at radius 3 is 2.95 bits per heavy atom. The number of nitrogens with two attached hydrogens (primary N) is 1. The molecule has 0 amide bonds. The fourth-order valence-electron chi connectivity index (χ4n) is 2.70. The third-order valence-electron chi connectivity index (χ3n) is 3.85. The molecule has 1 aliphatic rings. The van der Waals surface area contributed by atoms with Crippen LogP contribution in [0.4, 0.5) is 5.69 Å². The first-order chi connectivity index (χ1) is 9.24. The predicted octanol–water partition coefficient (Wildman–Crippen LogP) is 2.85. The van der Waals surface area contributed by atoms with Crippen LogP contribution in [0.2, 0.25) is 0 Å². The lowest BCUT2D eigenvalue weighted by Gasteiger charge is -2.34. The highest BCUT2D eigenvalue weighted by Crippen LogP contribution is 2.23. The monoisotopic (exact) mass is 262 g/mol. The van der Waals surface area contributed by atoms with Crippen molar-refractivity contribution >= 4 is 5.69 Å². The number of nitrogens with zero attached hydrogens (tertiary/aromatic N) is 1. The van der Waals surface area contributed by atoms with Gasteiger partial charge >= 0.3 is 0 Å². The Morgan fingerprint density at radius 1 is 1.42 bits per heavy atom. The average molecular weight is 262 g/mol. The predicted molar refractivity (Wildman–Crippen MR) is 80.5 cm³/mol. The first-order valence-electron chi connectivity index (χ1n) is 7.40. The second kappa shape index (κ2) is 6.92. The molecule has 0 bridgehead atoms. The summed E-state index contributed by atoms with van der Waals surface area (Å²) in [5, 5.41) is 0. The number of rotatable bonds is 5. The van der Waals surface area contributed by atoms with Crippen LogP contribution in [0.5, 0.6) is 0 Å². The Kier molecular flexibility index (Phi) is 5.23. The molecule has 0 aromatic heterocycles. The molecule has 1 aromatic carbocycles. The van der Waals surface area contributed by atoms with E-state index in [2.05, 4.69) is 36.9 Å². The van der Waals surface area contributed by atoms with E-state index in [0.717, 1.165) is 26.1 Å². The van der Waals surface area contributed by atoms with Crippen molar-refractivity contribution in [1.82, 2.24) is 0 Å². The molecule has 2 N–H and O–H groups in total. The molecule has 0 saturated carbocycles. The fraction of sp³-hybridized carbons (Fsp3) is 0.625. The molecule has 0 spiro atoms. The summed E-state index contributed by atoms with van der Waals surface area (Å²) in [6.07, 6.45) is 3.90. The van der Waals surface area contributed by atoms with Crippen LogP contribution in [0.1, 0.15) is 37.3 Å². The van der Waals surface area contributed by atoms with Gasteiger partial charge in [-0.3, -0.25) is 0 Å². The molecule has 1 saturated heterocycles. The third kappa shape index (κ3) is 3.71. The van der Waals surface area contributed by atoms with E-state index in [1.165, 1.54) is 29.7 Å². The lowest BCUT2D eigenvalue weighted by Crippen LogP contribution is -2.39. The summed E-state index contributed by atoms with van der Waals surface area (Å²) in [6.45, 7) is 7.95. The Morgan fingerprint density at radius 2 is 2.26 bits per heavy atom. The van der Waals surface area contributed by atoms with Gasteiger partial charge in [-0.1, -0.05) is 13.0 Å². The fourth-order valence-corrected chi connectivity index (χ4v) is 2.70. The maximum Gasteiger partial charge on any atom is 0.0750 e. The quantitative estimate of drug-likeness (QED) is 0.887. The lowest BCUT2D eigenvalue weighted by atomic mass is 10.0. The van der Waals surface area contributed by atoms with Crippen molar-refractivity contribution in [3.8, 4) is 0 Å². The normalized spacial score (nSPS) is 19.7. The molecule has 1 aromatic rings. The number of piperidine rings is 1. The van der Waals surface area contributed by atoms with Crippen molar-refractivity contribution in [2.45, 2.75) is 45.8 Å². The molecular formula is C16H26N2O. The standard InChI is InChI=1S/C16H26N2O/c1-3-9-19-16-5-4-8-18(12-16)15-7-6-14(11-17)13(2)10-15/h6-7,10,16H,3-5,8-9,11-12,17H2,1-2H3. The van der Waals surface area contributed by atoms with Gasteiger partial charge in [0.1, 0.15) is 0 Å². The summed E-state index contributed by atoms with van der Waals surface area (Å²) in [5.41, 5.74) is 9.55. The SMILES string of the molecule is CCCOC1CCCN(c2ccc(CN)c(C)c2)C1. The molecule has 1 unspecified atom stereocenters. The van der Waals surface area contributed by atoms with Gasteiger partial charge in [0.2, 0.25) is 0 Å². The van der Waals surface area contributed by atoms with Gasteiger partial charge in [0.15, 0.2) is 0 Å². The molecule has 3 nitrogen and oxygen atoms in total. The van der Waals surface area contributed by atoms with Crippen LogP contribution in [-0.4, -0.2) is 25.8 Å². The maximum atomic E-state index is 5.90. The molecule has 0 aliphatic carbocycles. The summed E-state index contributed by atoms with van der Waals surface area (Å²) >= 11 is 0. The zero-order chi connectivity index (χ0) is 13.7. The molecule has 0 radical (unpaired) electrons. The third-order valence-corrected chi connectivity index (χ3v) is 3.85. The smallest absolute Gasteiger partial charge is 0.0750 e. The number of hydrogen-bond acceptors (Lipinski definition) is 3. The van der Waals surface area contributed by atoms with E-state index in [-0.39, 0.29) is 0 Å². The zero-order valence-corrected chi connectivity index (χ0v) is 12.2. The molecule has 3 heteroatoms. The van der Waals surface area contributed by atoms with E-state index in [4.69, 9.17) is 10.5 Å². The molecule has 106 valence electrons. The minimum Gasteiger partial charge on any atom is -0.376 e. The van der Waals surface area contributed by atoms with Crippen molar-refractivity contribution in [3.05, 3.63) is 29.3 Å². The number of anilines is 1. The summed E-state index contributed by atoms with van der Waals surface area (Å²) in [7, 11) is 0. The summed E-state index contributed by atoms with van der Waals surface area (Å²) in [4.78, 5) is 2.44. The second-order valence-corrected chi connectivity index (χ2v) is 5.40. The first-order valence-corrected chi connectivity index (χ1v) is 7.40. The first kappa shape index (κ1) is 14.4. The Balaban J connectivity index is 2.02. The van der Waals surface area contributed by atoms with E-state index in [1.807, 2.05) is 0 Å². The van der Waals surface area contributed by atoms with Gasteiger partial charge in [0, 0.05) is 31.9 Å². The van der Waals surface area contributed by atoms with Crippen LogP contribution in [0.25, 0.3) is 0 Å². The van der Waals surface area contributed by atoms with Gasteiger partial charge in [-0.2, -0.15) is 0 Å². The summed E-state index contributed by atoms with van der Waals surface area (Å²) in [5.74, 6) is 0. The number of aryl methyl sites for hydroxylation is 1. The van der Waals surface area contributed by atoms with Crippen LogP contribution < -0.4 is 10.6 Å². The minimum atomic E-state index is 0.392. The van der Waals surface area contributed by atoms with Gasteiger partial charge in [-0.05, 0) is 49.4 Å². The number of benzene rings is 1. The van der Waals surface area contributed by atoms with Crippen molar-refractivity contribution in [1.29, 1.82) is 0 Å². The highest BCUT2D eigenvalue weighted by Gasteiger charge is 2.20. The van der Waals surface area contributed by atoms with Crippen molar-refractivity contribution < 1.29 is 4.74 Å². The minimum absolute atomic E-state index is 0.392. The second-order valence-electron chi connectivity index (χ2n) is 5.40. The molecule has 1 heterocycles. The van der Waals surface area contributed by atoms with Crippen LogP contribution in [0, 0.1) is 6.92 Å². The van der Waals surface area contributed by atoms with Gasteiger partial charge in [-0.25, -0.2) is 0 Å². The average Bonchev–Trinajstić information content (AvgIpc) is 2.45. The van der Waals surface area contributed by atoms with E-state index in [1.54, 1.807) is 0 Å². The van der Waals surface area contributed by atoms with Crippen LogP contribution in [0.3, 0.4) is 0 Å². The lowest BCUT2D eigenvalue weighted by molar-refractivity contribution is 0.0440. The van der Waals surface area contributed by atoms with E-state index >= 15 is 0 Å². The Bertz CT molecular complexity index is 406. The Labute approximate surface area is 116 Å². The number of ether oxygens (including phenoxy) is 1. The van der Waals surface area contributed by atoms with Crippen LogP contribution >= 0.6 is 0 Å². The summed E-state index contributed by atoms with van der Waals surface area (Å²) < 4.78 is 5.90. The highest BCUT2D eigenvalue weighted by molar-refractivity contribution is 5.51. The van der Waals surface area contributed by atoms with Gasteiger partial charge < -0.3 is 15.4 Å². The molecule has 1 aliphatic heterocycles. The molecule has 2 rings (SSSR count). The molecule has 1 fully saturated rings. The van der Waals surface area contributed by atoms with Crippen molar-refractivity contribution in [2.75, 3.05) is 24.6 Å². The van der Waals surface area contributed by atoms with Gasteiger partial charge in [0.25, 0.3) is 0 Å². The van der Waals surface area contributed by atoms with Crippen LogP contribution in [-0.2, 0) is 11.3 Å². The van der Waals surface area contributed by atoms with E-state index < -0.39 is 0 Å². The zero-order valence-electron chi connectivity index (χ0n) is 12.2. The molecule has 19 heavy (non-hydrogen) atoms. The van der Waals surface area contributed by atoms with Crippen LogP contribution in [0.15, 0.2) is 18.2 Å². The van der Waals surface area contributed by atoms with E-state index in [0.29, 0.717) is 12.6 Å². The van der Waals surface area contributed by atoms with Gasteiger partial charge in [-0.15, -0.1) is 0 Å². The largest absolute Gasteiger partial charge is 0.376 e. The van der Waals surface area contributed by atoms with Crippen molar-refractivity contribution in [2.24, 2.45) is 5.73 Å². The number of hydrogen-bond donors (Lipinski definition) is 1.